The Morgan fingerprint density at radius 1 is 1.03 bits per heavy atom. The summed E-state index contributed by atoms with van der Waals surface area (Å²) in [7, 11) is -4.44. The summed E-state index contributed by atoms with van der Waals surface area (Å²) in [6.45, 7) is 3.25. The van der Waals surface area contributed by atoms with E-state index < -0.39 is 50.2 Å². The van der Waals surface area contributed by atoms with E-state index >= 15 is 0 Å². The van der Waals surface area contributed by atoms with Gasteiger partial charge in [-0.1, -0.05) is 18.2 Å². The lowest BCUT2D eigenvalue weighted by atomic mass is 10.1. The van der Waals surface area contributed by atoms with Crippen molar-refractivity contribution in [1.82, 2.24) is 19.5 Å². The molecule has 16 heteroatoms. The first-order valence-corrected chi connectivity index (χ1v) is 12.8. The highest BCUT2D eigenvalue weighted by atomic mass is 31.2. The maximum Gasteiger partial charge on any atom is 0.485 e. The molecule has 3 heterocycles. The number of nitrogens with one attached hydrogen (secondary N) is 1. The van der Waals surface area contributed by atoms with Crippen LogP contribution in [0.1, 0.15) is 27.0 Å². The van der Waals surface area contributed by atoms with Gasteiger partial charge in [-0.15, -0.1) is 0 Å². The molecule has 15 nitrogen and oxygen atoms in total. The standard InChI is InChI=1S/C22H24N5O10P/c1-12(28)33-9-16-18(34-13(2)29)19(35-14(3)30)22(36-16)27-11-25-17-20(23-10-24-21(17)27)26-38(31,32)37-15-7-5-4-6-8-15/h4-8,10-11,16,18-19,22H,9H2,1-3H3,(H2,23,24,26,31,32)/t16-,18-,19-,22-/m1/s1. The van der Waals surface area contributed by atoms with Crippen molar-refractivity contribution in [3.05, 3.63) is 43.0 Å². The Bertz CT molecular complexity index is 1380. The Labute approximate surface area is 215 Å². The number of aromatic nitrogens is 4. The number of ether oxygens (including phenoxy) is 4. The Kier molecular flexibility index (Phi) is 7.90. The van der Waals surface area contributed by atoms with Crippen LogP contribution in [0.15, 0.2) is 43.0 Å². The molecular weight excluding hydrogens is 525 g/mol. The van der Waals surface area contributed by atoms with E-state index in [4.69, 9.17) is 23.5 Å². The smallest absolute Gasteiger partial charge is 0.463 e. The summed E-state index contributed by atoms with van der Waals surface area (Å²) < 4.78 is 41.1. The van der Waals surface area contributed by atoms with E-state index in [1.807, 2.05) is 0 Å². The van der Waals surface area contributed by atoms with Crippen LogP contribution in [0.4, 0.5) is 5.82 Å². The van der Waals surface area contributed by atoms with E-state index in [-0.39, 0.29) is 29.3 Å². The van der Waals surface area contributed by atoms with E-state index in [0.717, 1.165) is 6.33 Å². The van der Waals surface area contributed by atoms with Crippen LogP contribution in [0, 0.1) is 0 Å². The molecule has 4 rings (SSSR count). The number of carbonyl (C=O) groups excluding carboxylic acids is 3. The number of carbonyl (C=O) groups is 3. The van der Waals surface area contributed by atoms with Crippen LogP contribution in [-0.2, 0) is 37.9 Å². The van der Waals surface area contributed by atoms with Crippen molar-refractivity contribution >= 4 is 42.6 Å². The van der Waals surface area contributed by atoms with Gasteiger partial charge in [-0.3, -0.25) is 28.9 Å². The number of anilines is 1. The zero-order chi connectivity index (χ0) is 27.4. The molecule has 0 bridgehead atoms. The minimum absolute atomic E-state index is 0.0658. The van der Waals surface area contributed by atoms with Gasteiger partial charge in [0.05, 0.1) is 6.33 Å². The average molecular weight is 549 g/mol. The Morgan fingerprint density at radius 3 is 2.37 bits per heavy atom. The first kappa shape index (κ1) is 27.0. The second-order valence-electron chi connectivity index (χ2n) is 8.10. The largest absolute Gasteiger partial charge is 0.485 e. The van der Waals surface area contributed by atoms with Crippen LogP contribution >= 0.6 is 7.75 Å². The van der Waals surface area contributed by atoms with Crippen molar-refractivity contribution in [2.75, 3.05) is 11.7 Å². The number of esters is 3. The zero-order valence-corrected chi connectivity index (χ0v) is 21.3. The number of benzene rings is 1. The minimum Gasteiger partial charge on any atom is -0.463 e. The minimum atomic E-state index is -4.44. The van der Waals surface area contributed by atoms with Crippen molar-refractivity contribution in [2.45, 2.75) is 45.3 Å². The third-order valence-corrected chi connectivity index (χ3v) is 6.15. The fourth-order valence-corrected chi connectivity index (χ4v) is 4.70. The number of fused-ring (bicyclic) bond motifs is 1. The van der Waals surface area contributed by atoms with Crippen molar-refractivity contribution in [3.63, 3.8) is 0 Å². The topological polar surface area (TPSA) is 190 Å². The molecular formula is C22H24N5O10P. The molecule has 1 saturated heterocycles. The molecule has 38 heavy (non-hydrogen) atoms. The van der Waals surface area contributed by atoms with Gasteiger partial charge in [0.15, 0.2) is 35.4 Å². The first-order valence-electron chi connectivity index (χ1n) is 11.2. The summed E-state index contributed by atoms with van der Waals surface area (Å²) in [5, 5.41) is 2.34. The molecule has 2 N–H and O–H groups in total. The van der Waals surface area contributed by atoms with Gasteiger partial charge in [-0.25, -0.2) is 19.5 Å². The molecule has 0 saturated carbocycles. The molecule has 202 valence electrons. The van der Waals surface area contributed by atoms with Gasteiger partial charge in [0.1, 0.15) is 24.8 Å². The molecule has 1 aliphatic heterocycles. The molecule has 1 fully saturated rings. The molecule has 0 amide bonds. The number of nitrogens with zero attached hydrogens (tertiary/aromatic N) is 4. The summed E-state index contributed by atoms with van der Waals surface area (Å²) in [6, 6.07) is 8.01. The van der Waals surface area contributed by atoms with Crippen LogP contribution < -0.4 is 9.61 Å². The average Bonchev–Trinajstić information content (AvgIpc) is 3.39. The molecule has 0 aliphatic carbocycles. The zero-order valence-electron chi connectivity index (χ0n) is 20.4. The summed E-state index contributed by atoms with van der Waals surface area (Å²) >= 11 is 0. The second kappa shape index (κ2) is 11.1. The lowest BCUT2D eigenvalue weighted by Gasteiger charge is -2.23. The van der Waals surface area contributed by atoms with Gasteiger partial charge >= 0.3 is 25.7 Å². The summed E-state index contributed by atoms with van der Waals surface area (Å²) in [4.78, 5) is 57.8. The molecule has 0 spiro atoms. The maximum atomic E-state index is 12.7. The number of hydrogen-bond acceptors (Lipinski definition) is 12. The van der Waals surface area contributed by atoms with Crippen molar-refractivity contribution in [3.8, 4) is 5.75 Å². The molecule has 3 aromatic rings. The highest BCUT2D eigenvalue weighted by Crippen LogP contribution is 2.43. The van der Waals surface area contributed by atoms with Crippen molar-refractivity contribution in [1.29, 1.82) is 0 Å². The highest BCUT2D eigenvalue weighted by Gasteiger charge is 2.51. The molecule has 1 unspecified atom stereocenters. The number of hydrogen-bond donors (Lipinski definition) is 2. The normalized spacial score (nSPS) is 22.3. The van der Waals surface area contributed by atoms with E-state index in [1.165, 1.54) is 43.8 Å². The molecule has 5 atom stereocenters. The van der Waals surface area contributed by atoms with Gasteiger partial charge in [-0.05, 0) is 12.1 Å². The quantitative estimate of drug-likeness (QED) is 0.223. The Hall–Kier alpha value is -4.07. The van der Waals surface area contributed by atoms with Crippen molar-refractivity contribution in [2.24, 2.45) is 0 Å². The fraction of sp³-hybridized carbons (Fsp3) is 0.364. The van der Waals surface area contributed by atoms with Crippen molar-refractivity contribution < 1.29 is 47.3 Å². The Morgan fingerprint density at radius 2 is 1.71 bits per heavy atom. The predicted molar refractivity (Wildman–Crippen MR) is 127 cm³/mol. The highest BCUT2D eigenvalue weighted by molar-refractivity contribution is 7.54. The lowest BCUT2D eigenvalue weighted by Crippen LogP contribution is -2.40. The number of para-hydroxylation sites is 1. The van der Waals surface area contributed by atoms with Crippen LogP contribution in [-0.4, -0.2) is 67.2 Å². The van der Waals surface area contributed by atoms with Gasteiger partial charge < -0.3 is 23.5 Å². The van der Waals surface area contributed by atoms with Gasteiger partial charge in [0.2, 0.25) is 0 Å². The van der Waals surface area contributed by atoms with Gasteiger partial charge in [0, 0.05) is 20.8 Å². The van der Waals surface area contributed by atoms with Crippen LogP contribution in [0.3, 0.4) is 0 Å². The lowest BCUT2D eigenvalue weighted by molar-refractivity contribution is -0.166. The van der Waals surface area contributed by atoms with E-state index in [2.05, 4.69) is 20.0 Å². The summed E-state index contributed by atoms with van der Waals surface area (Å²) in [5.41, 5.74) is 0.190. The molecule has 1 aromatic carbocycles. The number of rotatable bonds is 9. The third-order valence-electron chi connectivity index (χ3n) is 5.19. The molecule has 1 aliphatic rings. The van der Waals surface area contributed by atoms with Crippen LogP contribution in [0.2, 0.25) is 0 Å². The van der Waals surface area contributed by atoms with Gasteiger partial charge in [-0.2, -0.15) is 0 Å². The van der Waals surface area contributed by atoms with E-state index in [0.29, 0.717) is 0 Å². The number of imidazole rings is 1. The van der Waals surface area contributed by atoms with E-state index in [1.54, 1.807) is 18.2 Å². The summed E-state index contributed by atoms with van der Waals surface area (Å²) in [6.07, 6.45) is -2.03. The molecule has 2 aromatic heterocycles. The van der Waals surface area contributed by atoms with Crippen LogP contribution in [0.25, 0.3) is 11.2 Å². The Balaban J connectivity index is 1.67. The van der Waals surface area contributed by atoms with E-state index in [9.17, 15) is 23.8 Å². The summed E-state index contributed by atoms with van der Waals surface area (Å²) in [5.74, 6) is -1.92. The monoisotopic (exact) mass is 549 g/mol. The van der Waals surface area contributed by atoms with Crippen LogP contribution in [0.5, 0.6) is 5.75 Å². The second-order valence-corrected chi connectivity index (χ2v) is 9.55. The molecule has 0 radical (unpaired) electrons. The van der Waals surface area contributed by atoms with Gasteiger partial charge in [0.25, 0.3) is 0 Å². The predicted octanol–water partition coefficient (Wildman–Crippen LogP) is 1.74. The fourth-order valence-electron chi connectivity index (χ4n) is 3.82. The third kappa shape index (κ3) is 6.25. The maximum absolute atomic E-state index is 12.7. The first-order chi connectivity index (χ1) is 18.0. The SMILES string of the molecule is CC(=O)OC[C@H]1O[C@@H](n2cnc3c(NP(=O)(O)Oc4ccccc4)ncnc32)[C@H](OC(C)=O)[C@@H]1OC(C)=O.